The Labute approximate surface area is 162 Å². The maximum atomic E-state index is 12.8. The summed E-state index contributed by atoms with van der Waals surface area (Å²) in [5.41, 5.74) is 2.24. The van der Waals surface area contributed by atoms with Crippen LogP contribution in [0.5, 0.6) is 0 Å². The molecule has 1 aromatic heterocycles. The number of sulfonamides is 1. The third-order valence-corrected chi connectivity index (χ3v) is 5.45. The van der Waals surface area contributed by atoms with Gasteiger partial charge in [0.05, 0.1) is 16.9 Å². The molecule has 7 heteroatoms. The van der Waals surface area contributed by atoms with Crippen LogP contribution in [-0.2, 0) is 10.0 Å². The highest BCUT2D eigenvalue weighted by molar-refractivity contribution is 7.93. The van der Waals surface area contributed by atoms with Crippen molar-refractivity contribution in [3.8, 4) is 0 Å². The zero-order chi connectivity index (χ0) is 19.4. The fourth-order valence-electron chi connectivity index (χ4n) is 2.71. The summed E-state index contributed by atoms with van der Waals surface area (Å²) in [5, 5.41) is 9.06. The number of anilines is 1. The van der Waals surface area contributed by atoms with Crippen molar-refractivity contribution < 1.29 is 8.42 Å². The minimum atomic E-state index is -3.77. The summed E-state index contributed by atoms with van der Waals surface area (Å²) in [7, 11) is -3.77. The summed E-state index contributed by atoms with van der Waals surface area (Å²) in [6.07, 6.45) is 1.58. The van der Waals surface area contributed by atoms with Crippen LogP contribution in [0.2, 0.25) is 0 Å². The predicted molar refractivity (Wildman–Crippen MR) is 110 cm³/mol. The standard InChI is InChI=1S/C21H16N4O2S/c26-28(27,20-10-4-6-16-7-5-15-22-21(16)20)25-19-13-11-18(12-14-19)24-23-17-8-2-1-3-9-17/h1-15,25H. The van der Waals surface area contributed by atoms with Crippen molar-refractivity contribution in [1.82, 2.24) is 4.98 Å². The van der Waals surface area contributed by atoms with E-state index < -0.39 is 10.0 Å². The lowest BCUT2D eigenvalue weighted by Gasteiger charge is -2.10. The maximum Gasteiger partial charge on any atom is 0.264 e. The normalized spacial score (nSPS) is 11.7. The van der Waals surface area contributed by atoms with Crippen LogP contribution in [-0.4, -0.2) is 13.4 Å². The van der Waals surface area contributed by atoms with Crippen molar-refractivity contribution in [2.75, 3.05) is 4.72 Å². The molecule has 0 atom stereocenters. The summed E-state index contributed by atoms with van der Waals surface area (Å²) in [4.78, 5) is 4.35. The predicted octanol–water partition coefficient (Wildman–Crippen LogP) is 5.45. The summed E-state index contributed by atoms with van der Waals surface area (Å²) >= 11 is 0. The fourth-order valence-corrected chi connectivity index (χ4v) is 3.95. The summed E-state index contributed by atoms with van der Waals surface area (Å²) in [5.74, 6) is 0. The van der Waals surface area contributed by atoms with Gasteiger partial charge in [0, 0.05) is 17.3 Å². The Hall–Kier alpha value is -3.58. The van der Waals surface area contributed by atoms with E-state index in [1.54, 1.807) is 48.7 Å². The Kier molecular flexibility index (Phi) is 4.82. The molecule has 0 spiro atoms. The van der Waals surface area contributed by atoms with Crippen LogP contribution in [0.4, 0.5) is 17.1 Å². The number of pyridine rings is 1. The Balaban J connectivity index is 1.56. The number of fused-ring (bicyclic) bond motifs is 1. The third kappa shape index (κ3) is 3.89. The Morgan fingerprint density at radius 2 is 1.39 bits per heavy atom. The second-order valence-corrected chi connectivity index (χ2v) is 7.67. The molecule has 4 rings (SSSR count). The molecule has 0 unspecified atom stereocenters. The number of nitrogens with zero attached hydrogens (tertiary/aromatic N) is 3. The van der Waals surface area contributed by atoms with Crippen molar-refractivity contribution in [2.45, 2.75) is 4.90 Å². The number of benzene rings is 3. The van der Waals surface area contributed by atoms with E-state index in [2.05, 4.69) is 19.9 Å². The van der Waals surface area contributed by atoms with E-state index in [-0.39, 0.29) is 4.90 Å². The van der Waals surface area contributed by atoms with Crippen LogP contribution in [0.25, 0.3) is 10.9 Å². The number of para-hydroxylation sites is 1. The fraction of sp³-hybridized carbons (Fsp3) is 0. The first-order valence-electron chi connectivity index (χ1n) is 8.55. The first kappa shape index (κ1) is 17.8. The molecule has 28 heavy (non-hydrogen) atoms. The minimum Gasteiger partial charge on any atom is -0.280 e. The summed E-state index contributed by atoms with van der Waals surface area (Å²) < 4.78 is 28.2. The molecule has 1 heterocycles. The van der Waals surface area contributed by atoms with Gasteiger partial charge in [-0.3, -0.25) is 9.71 Å². The molecule has 0 bridgehead atoms. The summed E-state index contributed by atoms with van der Waals surface area (Å²) in [6, 6.07) is 24.7. The van der Waals surface area contributed by atoms with Gasteiger partial charge in [-0.25, -0.2) is 8.42 Å². The number of hydrogen-bond donors (Lipinski definition) is 1. The Morgan fingerprint density at radius 3 is 2.14 bits per heavy atom. The van der Waals surface area contributed by atoms with Crippen molar-refractivity contribution >= 4 is 38.0 Å². The van der Waals surface area contributed by atoms with Gasteiger partial charge in [0.1, 0.15) is 4.90 Å². The number of nitrogens with one attached hydrogen (secondary N) is 1. The van der Waals surface area contributed by atoms with Gasteiger partial charge in [-0.05, 0) is 48.5 Å². The van der Waals surface area contributed by atoms with Crippen molar-refractivity contribution in [3.63, 3.8) is 0 Å². The second kappa shape index (κ2) is 7.58. The minimum absolute atomic E-state index is 0.137. The molecule has 138 valence electrons. The maximum absolute atomic E-state index is 12.8. The van der Waals surface area contributed by atoms with Crippen LogP contribution in [0, 0.1) is 0 Å². The highest BCUT2D eigenvalue weighted by atomic mass is 32.2. The topological polar surface area (TPSA) is 83.8 Å². The van der Waals surface area contributed by atoms with Crippen LogP contribution >= 0.6 is 0 Å². The number of rotatable bonds is 5. The van der Waals surface area contributed by atoms with E-state index in [4.69, 9.17) is 0 Å². The number of azo groups is 1. The average Bonchev–Trinajstić information content (AvgIpc) is 2.73. The monoisotopic (exact) mass is 388 g/mol. The first-order chi connectivity index (χ1) is 13.6. The van der Waals surface area contributed by atoms with Gasteiger partial charge in [0.15, 0.2) is 0 Å². The Morgan fingerprint density at radius 1 is 0.714 bits per heavy atom. The smallest absolute Gasteiger partial charge is 0.264 e. The first-order valence-corrected chi connectivity index (χ1v) is 10.0. The van der Waals surface area contributed by atoms with Gasteiger partial charge in [0.2, 0.25) is 0 Å². The zero-order valence-electron chi connectivity index (χ0n) is 14.7. The van der Waals surface area contributed by atoms with E-state index in [1.807, 2.05) is 42.5 Å². The second-order valence-electron chi connectivity index (χ2n) is 6.02. The van der Waals surface area contributed by atoms with E-state index in [0.717, 1.165) is 11.1 Å². The lowest BCUT2D eigenvalue weighted by Crippen LogP contribution is -2.13. The highest BCUT2D eigenvalue weighted by Crippen LogP contribution is 2.25. The summed E-state index contributed by atoms with van der Waals surface area (Å²) in [6.45, 7) is 0. The zero-order valence-corrected chi connectivity index (χ0v) is 15.5. The average molecular weight is 388 g/mol. The third-order valence-electron chi connectivity index (χ3n) is 4.04. The van der Waals surface area contributed by atoms with E-state index in [9.17, 15) is 8.42 Å². The van der Waals surface area contributed by atoms with Crippen LogP contribution in [0.3, 0.4) is 0 Å². The van der Waals surface area contributed by atoms with Gasteiger partial charge in [-0.1, -0.05) is 36.4 Å². The molecule has 0 amide bonds. The number of aromatic nitrogens is 1. The van der Waals surface area contributed by atoms with Gasteiger partial charge in [-0.15, -0.1) is 0 Å². The molecule has 0 aliphatic rings. The molecule has 0 aliphatic heterocycles. The lowest BCUT2D eigenvalue weighted by molar-refractivity contribution is 0.602. The molecule has 6 nitrogen and oxygen atoms in total. The molecule has 0 aliphatic carbocycles. The molecule has 4 aromatic rings. The van der Waals surface area contributed by atoms with E-state index >= 15 is 0 Å². The molecule has 1 N–H and O–H groups in total. The van der Waals surface area contributed by atoms with Crippen molar-refractivity contribution in [2.24, 2.45) is 10.2 Å². The molecule has 0 saturated heterocycles. The van der Waals surface area contributed by atoms with Gasteiger partial charge in [-0.2, -0.15) is 10.2 Å². The Bertz CT molecular complexity index is 1230. The van der Waals surface area contributed by atoms with Gasteiger partial charge < -0.3 is 0 Å². The molecule has 0 fully saturated rings. The van der Waals surface area contributed by atoms with Gasteiger partial charge >= 0.3 is 0 Å². The van der Waals surface area contributed by atoms with E-state index in [1.165, 1.54) is 0 Å². The van der Waals surface area contributed by atoms with Crippen LogP contribution < -0.4 is 4.72 Å². The molecule has 3 aromatic carbocycles. The van der Waals surface area contributed by atoms with Crippen LogP contribution in [0.15, 0.2) is 106 Å². The largest absolute Gasteiger partial charge is 0.280 e. The van der Waals surface area contributed by atoms with Crippen molar-refractivity contribution in [3.05, 3.63) is 91.1 Å². The van der Waals surface area contributed by atoms with Crippen molar-refractivity contribution in [1.29, 1.82) is 0 Å². The van der Waals surface area contributed by atoms with Crippen LogP contribution in [0.1, 0.15) is 0 Å². The molecule has 0 radical (unpaired) electrons. The lowest BCUT2D eigenvalue weighted by atomic mass is 10.2. The highest BCUT2D eigenvalue weighted by Gasteiger charge is 2.18. The molecular weight excluding hydrogens is 372 g/mol. The number of hydrogen-bond acceptors (Lipinski definition) is 5. The molecule has 0 saturated carbocycles. The van der Waals surface area contributed by atoms with E-state index in [0.29, 0.717) is 16.9 Å². The molecular formula is C21H16N4O2S. The van der Waals surface area contributed by atoms with Gasteiger partial charge in [0.25, 0.3) is 10.0 Å². The quantitative estimate of drug-likeness (QED) is 0.461. The SMILES string of the molecule is O=S(=O)(Nc1ccc(N=Nc2ccccc2)cc1)c1cccc2cccnc12.